The van der Waals surface area contributed by atoms with E-state index < -0.39 is 11.9 Å². The number of amides is 2. The van der Waals surface area contributed by atoms with Crippen molar-refractivity contribution in [2.75, 3.05) is 38.5 Å². The van der Waals surface area contributed by atoms with E-state index in [0.29, 0.717) is 60.9 Å². The Morgan fingerprint density at radius 2 is 1.76 bits per heavy atom. The number of benzene rings is 2. The van der Waals surface area contributed by atoms with E-state index in [0.717, 1.165) is 64.1 Å². The number of likely N-dealkylation sites (N-methyl/N-ethyl adjacent to an activating group) is 1. The van der Waals surface area contributed by atoms with E-state index in [1.165, 1.54) is 23.7 Å². The molecule has 4 aliphatic rings. The largest absolute Gasteiger partial charge is 0.446 e. The van der Waals surface area contributed by atoms with Gasteiger partial charge in [0.25, 0.3) is 5.56 Å². The zero-order valence-electron chi connectivity index (χ0n) is 33.5. The van der Waals surface area contributed by atoms with Gasteiger partial charge in [-0.3, -0.25) is 24.1 Å². The van der Waals surface area contributed by atoms with Gasteiger partial charge in [0, 0.05) is 61.8 Å². The Hall–Kier alpha value is -5.50. The fraction of sp³-hybridized carbons (Fsp3) is 0.467. The van der Waals surface area contributed by atoms with Crippen molar-refractivity contribution in [2.45, 2.75) is 94.4 Å². The van der Waals surface area contributed by atoms with Gasteiger partial charge in [0.2, 0.25) is 5.91 Å². The zero-order valence-corrected chi connectivity index (χ0v) is 33.5. The Balaban J connectivity index is 0.844. The van der Waals surface area contributed by atoms with Gasteiger partial charge in [-0.2, -0.15) is 0 Å². The van der Waals surface area contributed by atoms with E-state index in [1.54, 1.807) is 47.5 Å². The highest BCUT2D eigenvalue weighted by atomic mass is 19.1. The second-order valence-corrected chi connectivity index (χ2v) is 16.4. The van der Waals surface area contributed by atoms with Gasteiger partial charge < -0.3 is 30.0 Å². The fourth-order valence-corrected chi connectivity index (χ4v) is 9.36. The standard InChI is InChI=1S/C45H53F2N7O5/c1-48-29-39(47)42(31-7-5-8-34(23-31)54-17-4-3-10-41(54)56)51-32-15-20-53(21-16-32)44(58)59-36-27-45(28-36)25-35(26-45)52-18-13-30(14-19-52)37-12-11-33(24-38(37)46)50-40(9-6-22-55)43(57)49-2/h3-5,7-8,10-12,17,22-24,29-30,32,35-36,40,50H,1,6,9,13-16,18-21,25-28H2,2H3,(H,49,57)/b39-29+,51-42?. The molecule has 2 saturated carbocycles. The first-order chi connectivity index (χ1) is 28.6. The molecule has 3 aromatic rings. The van der Waals surface area contributed by atoms with Gasteiger partial charge in [-0.05, 0) is 125 Å². The molecule has 1 atom stereocenters. The summed E-state index contributed by atoms with van der Waals surface area (Å²) in [4.78, 5) is 61.3. The van der Waals surface area contributed by atoms with Crippen molar-refractivity contribution < 1.29 is 27.9 Å². The van der Waals surface area contributed by atoms with Crippen LogP contribution in [0.5, 0.6) is 0 Å². The number of nitrogens with zero attached hydrogens (tertiary/aromatic N) is 5. The van der Waals surface area contributed by atoms with Crippen LogP contribution in [0.1, 0.15) is 81.3 Å². The molecular weight excluding hydrogens is 757 g/mol. The summed E-state index contributed by atoms with van der Waals surface area (Å²) in [6.07, 6.45) is 10.4. The Kier molecular flexibility index (Phi) is 13.1. The molecule has 14 heteroatoms. The molecule has 312 valence electrons. The molecule has 0 bridgehead atoms. The van der Waals surface area contributed by atoms with Crippen LogP contribution in [0.25, 0.3) is 5.69 Å². The molecular formula is C45H53F2N7O5. The number of anilines is 1. The summed E-state index contributed by atoms with van der Waals surface area (Å²) in [6, 6.07) is 16.6. The first-order valence-corrected chi connectivity index (χ1v) is 20.7. The molecule has 59 heavy (non-hydrogen) atoms. The molecule has 2 aliphatic carbocycles. The number of aldehydes is 1. The van der Waals surface area contributed by atoms with E-state index in [2.05, 4.69) is 27.2 Å². The van der Waals surface area contributed by atoms with Crippen molar-refractivity contribution in [3.8, 4) is 5.69 Å². The number of hydrogen-bond acceptors (Lipinski definition) is 9. The third kappa shape index (κ3) is 9.70. The van der Waals surface area contributed by atoms with E-state index in [-0.39, 0.29) is 59.0 Å². The monoisotopic (exact) mass is 809 g/mol. The van der Waals surface area contributed by atoms with E-state index in [1.807, 2.05) is 12.1 Å². The first kappa shape index (κ1) is 41.7. The quantitative estimate of drug-likeness (QED) is 0.139. The molecule has 0 radical (unpaired) electrons. The van der Waals surface area contributed by atoms with Crippen LogP contribution in [0.3, 0.4) is 0 Å². The number of likely N-dealkylation sites (tertiary alicyclic amines) is 2. The fourth-order valence-electron chi connectivity index (χ4n) is 9.36. The van der Waals surface area contributed by atoms with Crippen LogP contribution in [0, 0.1) is 11.2 Å². The van der Waals surface area contributed by atoms with Crippen LogP contribution in [0.15, 0.2) is 93.7 Å². The number of aliphatic imine (C=N–C) groups is 2. The molecule has 7 rings (SSSR count). The van der Waals surface area contributed by atoms with E-state index in [9.17, 15) is 19.2 Å². The van der Waals surface area contributed by atoms with Gasteiger partial charge in [-0.1, -0.05) is 24.3 Å². The lowest BCUT2D eigenvalue weighted by Gasteiger charge is -2.60. The number of aromatic nitrogens is 1. The third-order valence-electron chi connectivity index (χ3n) is 12.6. The number of nitrogens with one attached hydrogen (secondary N) is 2. The maximum Gasteiger partial charge on any atom is 0.410 e. The number of pyridine rings is 1. The smallest absolute Gasteiger partial charge is 0.410 e. The van der Waals surface area contributed by atoms with Gasteiger partial charge in [-0.25, -0.2) is 13.6 Å². The molecule has 4 fully saturated rings. The van der Waals surface area contributed by atoms with Crippen molar-refractivity contribution in [1.29, 1.82) is 0 Å². The van der Waals surface area contributed by atoms with Gasteiger partial charge in [-0.15, -0.1) is 0 Å². The second kappa shape index (κ2) is 18.6. The Labute approximate surface area is 343 Å². The van der Waals surface area contributed by atoms with Gasteiger partial charge in [0.15, 0.2) is 5.83 Å². The Morgan fingerprint density at radius 1 is 1.00 bits per heavy atom. The lowest BCUT2D eigenvalue weighted by molar-refractivity contribution is -0.131. The van der Waals surface area contributed by atoms with Crippen LogP contribution in [0.2, 0.25) is 0 Å². The number of hydrogen-bond donors (Lipinski definition) is 2. The van der Waals surface area contributed by atoms with Gasteiger partial charge in [0.05, 0.1) is 12.2 Å². The van der Waals surface area contributed by atoms with E-state index >= 15 is 8.78 Å². The maximum atomic E-state index is 15.3. The lowest BCUT2D eigenvalue weighted by atomic mass is 9.52. The summed E-state index contributed by atoms with van der Waals surface area (Å²) in [5.74, 6) is -1.03. The molecule has 1 aromatic heterocycles. The topological polar surface area (TPSA) is 138 Å². The Bertz CT molecular complexity index is 2130. The number of piperidine rings is 2. The van der Waals surface area contributed by atoms with Gasteiger partial charge in [0.1, 0.15) is 30.0 Å². The molecule has 1 unspecified atom stereocenters. The predicted molar refractivity (Wildman–Crippen MR) is 224 cm³/mol. The highest BCUT2D eigenvalue weighted by Crippen LogP contribution is 2.58. The summed E-state index contributed by atoms with van der Waals surface area (Å²) in [5.41, 5.74) is 2.46. The SMILES string of the molecule is C=N/C=C(/F)C(=NC1CCN(C(=O)OC2CC3(C2)CC(N2CCC(c4ccc(NC(CCC=O)C(=O)NC)cc4F)CC2)C3)CC1)c1cccc(-n2ccccc2=O)c1. The molecule has 2 N–H and O–H groups in total. The normalized spacial score (nSPS) is 23.5. The number of ether oxygens (including phenoxy) is 1. The molecule has 12 nitrogen and oxygen atoms in total. The molecule has 2 amide bonds. The minimum absolute atomic E-state index is 0.0938. The molecule has 3 heterocycles. The van der Waals surface area contributed by atoms with Crippen LogP contribution >= 0.6 is 0 Å². The van der Waals surface area contributed by atoms with Crippen molar-refractivity contribution in [1.82, 2.24) is 19.7 Å². The zero-order chi connectivity index (χ0) is 41.5. The first-order valence-electron chi connectivity index (χ1n) is 20.7. The predicted octanol–water partition coefficient (Wildman–Crippen LogP) is 6.57. The molecule has 2 aliphatic heterocycles. The summed E-state index contributed by atoms with van der Waals surface area (Å²) >= 11 is 0. The summed E-state index contributed by atoms with van der Waals surface area (Å²) in [6.45, 7) is 6.10. The lowest BCUT2D eigenvalue weighted by Crippen LogP contribution is -2.59. The average molecular weight is 810 g/mol. The molecule has 2 aromatic carbocycles. The van der Waals surface area contributed by atoms with Crippen molar-refractivity contribution >= 4 is 36.4 Å². The highest BCUT2D eigenvalue weighted by Gasteiger charge is 2.56. The second-order valence-electron chi connectivity index (χ2n) is 16.4. The van der Waals surface area contributed by atoms with Crippen molar-refractivity contribution in [3.63, 3.8) is 0 Å². The number of rotatable bonds is 14. The van der Waals surface area contributed by atoms with Crippen molar-refractivity contribution in [2.24, 2.45) is 15.4 Å². The summed E-state index contributed by atoms with van der Waals surface area (Å²) < 4.78 is 38.1. The maximum absolute atomic E-state index is 15.3. The highest BCUT2D eigenvalue weighted by molar-refractivity contribution is 6.11. The van der Waals surface area contributed by atoms with Crippen LogP contribution in [-0.2, 0) is 14.3 Å². The van der Waals surface area contributed by atoms with E-state index in [4.69, 9.17) is 9.73 Å². The minimum atomic E-state index is -0.629. The number of allylic oxidation sites excluding steroid dienone is 1. The molecule has 1 spiro atoms. The van der Waals surface area contributed by atoms with Gasteiger partial charge >= 0.3 is 6.09 Å². The minimum Gasteiger partial charge on any atom is -0.446 e. The Morgan fingerprint density at radius 3 is 2.44 bits per heavy atom. The summed E-state index contributed by atoms with van der Waals surface area (Å²) in [7, 11) is 1.54. The number of halogens is 2. The van der Waals surface area contributed by atoms with Crippen LogP contribution in [0.4, 0.5) is 19.3 Å². The third-order valence-corrected chi connectivity index (χ3v) is 12.6. The van der Waals surface area contributed by atoms with Crippen molar-refractivity contribution in [3.05, 3.63) is 106 Å². The van der Waals surface area contributed by atoms with Crippen LogP contribution in [-0.4, -0.2) is 103 Å². The average Bonchev–Trinajstić information content (AvgIpc) is 3.22. The van der Waals surface area contributed by atoms with Crippen LogP contribution < -0.4 is 16.2 Å². The number of carbonyl (C=O) groups excluding carboxylic acids is 3. The molecule has 2 saturated heterocycles. The number of carbonyl (C=O) groups is 3. The summed E-state index contributed by atoms with van der Waals surface area (Å²) in [5, 5.41) is 5.66.